The Kier molecular flexibility index (Phi) is 6.17. The van der Waals surface area contributed by atoms with Crippen molar-refractivity contribution in [2.24, 2.45) is 5.10 Å². The summed E-state index contributed by atoms with van der Waals surface area (Å²) in [5.41, 5.74) is 4.93. The Morgan fingerprint density at radius 1 is 1.00 bits per heavy atom. The average Bonchev–Trinajstić information content (AvgIpc) is 2.68. The topological polar surface area (TPSA) is 50.7 Å². The predicted molar refractivity (Wildman–Crippen MR) is 106 cm³/mol. The van der Waals surface area contributed by atoms with Gasteiger partial charge in [0.2, 0.25) is 0 Å². The summed E-state index contributed by atoms with van der Waals surface area (Å²) in [6.45, 7) is 0.445. The van der Waals surface area contributed by atoms with E-state index in [1.54, 1.807) is 18.3 Å². The van der Waals surface area contributed by atoms with Crippen molar-refractivity contribution in [2.75, 3.05) is 0 Å². The zero-order valence-electron chi connectivity index (χ0n) is 13.9. The van der Waals surface area contributed by atoms with Gasteiger partial charge in [-0.2, -0.15) is 5.10 Å². The van der Waals surface area contributed by atoms with Crippen LogP contribution in [0.15, 0.2) is 88.4 Å². The van der Waals surface area contributed by atoms with Crippen molar-refractivity contribution in [1.82, 2.24) is 5.43 Å². The van der Waals surface area contributed by atoms with E-state index in [0.29, 0.717) is 17.9 Å². The van der Waals surface area contributed by atoms with Gasteiger partial charge in [-0.15, -0.1) is 0 Å². The van der Waals surface area contributed by atoms with Crippen LogP contribution in [0.2, 0.25) is 0 Å². The molecule has 0 fully saturated rings. The summed E-state index contributed by atoms with van der Waals surface area (Å²) in [5, 5.41) is 4.04. The highest BCUT2D eigenvalue weighted by Crippen LogP contribution is 2.19. The van der Waals surface area contributed by atoms with Crippen LogP contribution >= 0.6 is 15.9 Å². The van der Waals surface area contributed by atoms with Gasteiger partial charge >= 0.3 is 0 Å². The zero-order valence-corrected chi connectivity index (χ0v) is 15.5. The van der Waals surface area contributed by atoms with Crippen LogP contribution in [0, 0.1) is 0 Å². The number of carbonyl (C=O) groups excluding carboxylic acids is 1. The summed E-state index contributed by atoms with van der Waals surface area (Å²) in [5.74, 6) is 0.444. The van der Waals surface area contributed by atoms with Gasteiger partial charge in [0.1, 0.15) is 12.4 Å². The lowest BCUT2D eigenvalue weighted by Gasteiger charge is -2.09. The summed E-state index contributed by atoms with van der Waals surface area (Å²) in [4.78, 5) is 12.0. The molecule has 0 radical (unpaired) electrons. The monoisotopic (exact) mass is 408 g/mol. The summed E-state index contributed by atoms with van der Waals surface area (Å²) in [6, 6.07) is 24.5. The molecule has 0 aromatic heterocycles. The molecule has 0 atom stereocenters. The van der Waals surface area contributed by atoms with Crippen molar-refractivity contribution in [3.05, 3.63) is 100 Å². The first-order chi connectivity index (χ1) is 12.7. The third-order valence-electron chi connectivity index (χ3n) is 3.61. The first-order valence-electron chi connectivity index (χ1n) is 8.07. The Morgan fingerprint density at radius 3 is 2.58 bits per heavy atom. The minimum Gasteiger partial charge on any atom is -0.488 e. The van der Waals surface area contributed by atoms with E-state index in [-0.39, 0.29) is 5.91 Å². The van der Waals surface area contributed by atoms with Crippen molar-refractivity contribution in [1.29, 1.82) is 0 Å². The molecule has 3 aromatic rings. The third kappa shape index (κ3) is 5.04. The molecular formula is C21H17BrN2O2. The molecule has 3 rings (SSSR count). The fraction of sp³-hybridized carbons (Fsp3) is 0.0476. The van der Waals surface area contributed by atoms with Crippen molar-refractivity contribution in [3.63, 3.8) is 0 Å². The van der Waals surface area contributed by atoms with Gasteiger partial charge in [-0.3, -0.25) is 4.79 Å². The molecule has 26 heavy (non-hydrogen) atoms. The van der Waals surface area contributed by atoms with Crippen LogP contribution in [0.4, 0.5) is 0 Å². The second-order valence-corrected chi connectivity index (χ2v) is 6.44. The molecule has 0 bridgehead atoms. The molecule has 0 saturated carbocycles. The fourth-order valence-corrected chi connectivity index (χ4v) is 2.77. The number of carbonyl (C=O) groups is 1. The lowest BCUT2D eigenvalue weighted by atomic mass is 10.2. The predicted octanol–water partition coefficient (Wildman–Crippen LogP) is 4.79. The van der Waals surface area contributed by atoms with Crippen LogP contribution in [-0.2, 0) is 6.61 Å². The van der Waals surface area contributed by atoms with Crippen LogP contribution in [0.3, 0.4) is 0 Å². The number of para-hydroxylation sites is 1. The summed E-state index contributed by atoms with van der Waals surface area (Å²) < 4.78 is 6.91. The number of rotatable bonds is 6. The molecule has 0 heterocycles. The van der Waals surface area contributed by atoms with Crippen molar-refractivity contribution >= 4 is 28.1 Å². The Bertz CT molecular complexity index is 911. The lowest BCUT2D eigenvalue weighted by molar-refractivity contribution is 0.0955. The number of hydrogen-bond acceptors (Lipinski definition) is 3. The van der Waals surface area contributed by atoms with E-state index in [4.69, 9.17) is 4.74 Å². The number of amides is 1. The molecule has 4 nitrogen and oxygen atoms in total. The molecule has 3 aromatic carbocycles. The highest BCUT2D eigenvalue weighted by molar-refractivity contribution is 9.10. The van der Waals surface area contributed by atoms with Gasteiger partial charge < -0.3 is 4.74 Å². The maximum Gasteiger partial charge on any atom is 0.271 e. The zero-order chi connectivity index (χ0) is 18.2. The summed E-state index contributed by atoms with van der Waals surface area (Å²) in [7, 11) is 0. The van der Waals surface area contributed by atoms with Gasteiger partial charge in [0.05, 0.1) is 6.21 Å². The molecule has 0 aliphatic carbocycles. The molecule has 1 amide bonds. The first kappa shape index (κ1) is 17.9. The van der Waals surface area contributed by atoms with Crippen LogP contribution in [-0.4, -0.2) is 12.1 Å². The number of nitrogens with zero attached hydrogens (tertiary/aromatic N) is 1. The van der Waals surface area contributed by atoms with Crippen molar-refractivity contribution in [3.8, 4) is 5.75 Å². The van der Waals surface area contributed by atoms with Crippen LogP contribution in [0.1, 0.15) is 21.5 Å². The van der Waals surface area contributed by atoms with E-state index in [0.717, 1.165) is 15.6 Å². The number of ether oxygens (including phenoxy) is 1. The normalized spacial score (nSPS) is 10.7. The summed E-state index contributed by atoms with van der Waals surface area (Å²) in [6.07, 6.45) is 1.58. The maximum atomic E-state index is 12.0. The molecule has 130 valence electrons. The largest absolute Gasteiger partial charge is 0.488 e. The van der Waals surface area contributed by atoms with Crippen molar-refractivity contribution < 1.29 is 9.53 Å². The Labute approximate surface area is 160 Å². The standard InChI is InChI=1S/C21H17BrN2O2/c22-19-11-6-7-16(13-19)15-26-20-12-5-4-10-18(20)14-23-24-21(25)17-8-2-1-3-9-17/h1-14H,15H2,(H,24,25). The van der Waals surface area contributed by atoms with Gasteiger partial charge in [-0.05, 0) is 42.0 Å². The van der Waals surface area contributed by atoms with Crippen LogP contribution in [0.5, 0.6) is 5.75 Å². The molecule has 1 N–H and O–H groups in total. The van der Waals surface area contributed by atoms with Gasteiger partial charge in [0.15, 0.2) is 0 Å². The average molecular weight is 409 g/mol. The lowest BCUT2D eigenvalue weighted by Crippen LogP contribution is -2.17. The van der Waals surface area contributed by atoms with E-state index >= 15 is 0 Å². The van der Waals surface area contributed by atoms with E-state index in [9.17, 15) is 4.79 Å². The number of hydrogen-bond donors (Lipinski definition) is 1. The SMILES string of the molecule is O=C(NN=Cc1ccccc1OCc1cccc(Br)c1)c1ccccc1. The van der Waals surface area contributed by atoms with E-state index in [1.165, 1.54) is 0 Å². The van der Waals surface area contributed by atoms with Crippen LogP contribution < -0.4 is 10.2 Å². The smallest absolute Gasteiger partial charge is 0.271 e. The molecule has 0 spiro atoms. The number of nitrogens with one attached hydrogen (secondary N) is 1. The number of hydrazone groups is 1. The Balaban J connectivity index is 1.64. The minimum absolute atomic E-state index is 0.255. The van der Waals surface area contributed by atoms with E-state index in [1.807, 2.05) is 66.7 Å². The first-order valence-corrected chi connectivity index (χ1v) is 8.86. The molecule has 0 aliphatic rings. The highest BCUT2D eigenvalue weighted by Gasteiger charge is 2.04. The molecule has 0 aliphatic heterocycles. The number of benzene rings is 3. The van der Waals surface area contributed by atoms with Crippen molar-refractivity contribution in [2.45, 2.75) is 6.61 Å². The maximum absolute atomic E-state index is 12.0. The quantitative estimate of drug-likeness (QED) is 0.470. The summed E-state index contributed by atoms with van der Waals surface area (Å²) >= 11 is 3.45. The molecule has 5 heteroatoms. The molecular weight excluding hydrogens is 392 g/mol. The highest BCUT2D eigenvalue weighted by atomic mass is 79.9. The Hall–Kier alpha value is -2.92. The van der Waals surface area contributed by atoms with Gasteiger partial charge in [0, 0.05) is 15.6 Å². The minimum atomic E-state index is -0.255. The van der Waals surface area contributed by atoms with E-state index in [2.05, 4.69) is 26.5 Å². The fourth-order valence-electron chi connectivity index (χ4n) is 2.32. The van der Waals surface area contributed by atoms with E-state index < -0.39 is 0 Å². The van der Waals surface area contributed by atoms with Gasteiger partial charge in [0.25, 0.3) is 5.91 Å². The van der Waals surface area contributed by atoms with Gasteiger partial charge in [-0.25, -0.2) is 5.43 Å². The number of halogens is 1. The molecule has 0 unspecified atom stereocenters. The molecule has 0 saturated heterocycles. The third-order valence-corrected chi connectivity index (χ3v) is 4.10. The second-order valence-electron chi connectivity index (χ2n) is 5.52. The van der Waals surface area contributed by atoms with Gasteiger partial charge in [-0.1, -0.05) is 58.4 Å². The van der Waals surface area contributed by atoms with Crippen LogP contribution in [0.25, 0.3) is 0 Å². The second kappa shape index (κ2) is 8.97. The Morgan fingerprint density at radius 2 is 1.77 bits per heavy atom.